The smallest absolute Gasteiger partial charge is 0.184 e. The fourth-order valence-corrected chi connectivity index (χ4v) is 1.51. The molecule has 12 heavy (non-hydrogen) atoms. The minimum absolute atomic E-state index is 0.187. The number of hydrogen-bond donors (Lipinski definition) is 2. The summed E-state index contributed by atoms with van der Waals surface area (Å²) in [7, 11) is 0. The molecule has 3 nitrogen and oxygen atoms in total. The molecule has 0 aliphatic rings. The van der Waals surface area contributed by atoms with Crippen molar-refractivity contribution in [1.29, 1.82) is 0 Å². The Morgan fingerprint density at radius 3 is 3.08 bits per heavy atom. The molecule has 0 aliphatic carbocycles. The molecule has 68 valence electrons. The van der Waals surface area contributed by atoms with E-state index in [1.807, 2.05) is 6.92 Å². The number of nitrogens with zero attached hydrogens (tertiary/aromatic N) is 1. The average molecular weight is 207 g/mol. The van der Waals surface area contributed by atoms with Gasteiger partial charge in [-0.05, 0) is 5.92 Å². The van der Waals surface area contributed by atoms with Crippen molar-refractivity contribution in [2.45, 2.75) is 6.92 Å². The van der Waals surface area contributed by atoms with Crippen LogP contribution in [-0.2, 0) is 0 Å². The maximum absolute atomic E-state index is 8.73. The number of aliphatic hydroxyl groups excluding tert-OH is 1. The zero-order chi connectivity index (χ0) is 8.97. The van der Waals surface area contributed by atoms with E-state index in [4.69, 9.17) is 16.7 Å². The molecule has 0 fully saturated rings. The molecule has 1 atom stereocenters. The molecule has 1 unspecified atom stereocenters. The minimum atomic E-state index is 0.187. The SMILES string of the molecule is CC(CO)CNc1nc(Cl)cs1. The largest absolute Gasteiger partial charge is 0.396 e. The highest BCUT2D eigenvalue weighted by atomic mass is 35.5. The van der Waals surface area contributed by atoms with E-state index in [0.717, 1.165) is 11.7 Å². The summed E-state index contributed by atoms with van der Waals surface area (Å²) in [4.78, 5) is 4.01. The Hall–Kier alpha value is -0.320. The van der Waals surface area contributed by atoms with Crippen molar-refractivity contribution in [1.82, 2.24) is 4.98 Å². The van der Waals surface area contributed by atoms with Crippen LogP contribution in [0.5, 0.6) is 0 Å². The fourth-order valence-electron chi connectivity index (χ4n) is 0.661. The Bertz CT molecular complexity index is 241. The van der Waals surface area contributed by atoms with Crippen LogP contribution in [0, 0.1) is 5.92 Å². The number of nitrogens with one attached hydrogen (secondary N) is 1. The summed E-state index contributed by atoms with van der Waals surface area (Å²) in [5.74, 6) is 0.243. The molecule has 1 rings (SSSR count). The molecule has 1 aromatic heterocycles. The highest BCUT2D eigenvalue weighted by Gasteiger charge is 2.01. The Balaban J connectivity index is 2.33. The second-order valence-electron chi connectivity index (χ2n) is 2.64. The van der Waals surface area contributed by atoms with Crippen LogP contribution in [0.1, 0.15) is 6.92 Å². The molecule has 1 heterocycles. The van der Waals surface area contributed by atoms with Crippen LogP contribution in [0.2, 0.25) is 5.15 Å². The van der Waals surface area contributed by atoms with Crippen molar-refractivity contribution >= 4 is 28.1 Å². The minimum Gasteiger partial charge on any atom is -0.396 e. The summed E-state index contributed by atoms with van der Waals surface area (Å²) < 4.78 is 0. The summed E-state index contributed by atoms with van der Waals surface area (Å²) >= 11 is 7.09. The molecular weight excluding hydrogens is 196 g/mol. The molecular formula is C7H11ClN2OS. The molecule has 5 heteroatoms. The van der Waals surface area contributed by atoms with Crippen molar-refractivity contribution in [2.24, 2.45) is 5.92 Å². The van der Waals surface area contributed by atoms with Gasteiger partial charge in [0, 0.05) is 18.5 Å². The lowest BCUT2D eigenvalue weighted by Gasteiger charge is -2.07. The molecule has 0 aliphatic heterocycles. The van der Waals surface area contributed by atoms with E-state index in [-0.39, 0.29) is 12.5 Å². The fraction of sp³-hybridized carbons (Fsp3) is 0.571. The summed E-state index contributed by atoms with van der Waals surface area (Å²) in [6.07, 6.45) is 0. The van der Waals surface area contributed by atoms with E-state index in [1.165, 1.54) is 11.3 Å². The van der Waals surface area contributed by atoms with E-state index in [9.17, 15) is 0 Å². The van der Waals surface area contributed by atoms with E-state index in [0.29, 0.717) is 5.15 Å². The van der Waals surface area contributed by atoms with Crippen molar-refractivity contribution in [3.63, 3.8) is 0 Å². The monoisotopic (exact) mass is 206 g/mol. The van der Waals surface area contributed by atoms with Crippen LogP contribution in [0.25, 0.3) is 0 Å². The second-order valence-corrected chi connectivity index (χ2v) is 3.89. The standard InChI is InChI=1S/C7H11ClN2OS/c1-5(3-11)2-9-7-10-6(8)4-12-7/h4-5,11H,2-3H2,1H3,(H,9,10). The topological polar surface area (TPSA) is 45.1 Å². The Morgan fingerprint density at radius 1 is 1.83 bits per heavy atom. The number of aromatic nitrogens is 1. The van der Waals surface area contributed by atoms with Gasteiger partial charge in [0.15, 0.2) is 5.13 Å². The van der Waals surface area contributed by atoms with Gasteiger partial charge in [0.2, 0.25) is 0 Å². The first-order valence-electron chi connectivity index (χ1n) is 3.68. The van der Waals surface area contributed by atoms with Crippen molar-refractivity contribution < 1.29 is 5.11 Å². The third kappa shape index (κ3) is 2.97. The number of thiazole rings is 1. The number of aliphatic hydroxyl groups is 1. The van der Waals surface area contributed by atoms with Gasteiger partial charge in [0.1, 0.15) is 5.15 Å². The summed E-state index contributed by atoms with van der Waals surface area (Å²) in [6, 6.07) is 0. The Kier molecular flexibility index (Phi) is 3.78. The molecule has 0 amide bonds. The zero-order valence-corrected chi connectivity index (χ0v) is 8.32. The maximum Gasteiger partial charge on any atom is 0.184 e. The molecule has 0 spiro atoms. The van der Waals surface area contributed by atoms with Gasteiger partial charge in [-0.25, -0.2) is 4.98 Å². The van der Waals surface area contributed by atoms with Gasteiger partial charge in [-0.1, -0.05) is 18.5 Å². The van der Waals surface area contributed by atoms with E-state index in [1.54, 1.807) is 5.38 Å². The van der Waals surface area contributed by atoms with Gasteiger partial charge in [-0.3, -0.25) is 0 Å². The molecule has 0 bridgehead atoms. The van der Waals surface area contributed by atoms with Crippen LogP contribution in [0.15, 0.2) is 5.38 Å². The van der Waals surface area contributed by atoms with E-state index < -0.39 is 0 Å². The van der Waals surface area contributed by atoms with Gasteiger partial charge in [-0.15, -0.1) is 11.3 Å². The predicted molar refractivity (Wildman–Crippen MR) is 51.9 cm³/mol. The van der Waals surface area contributed by atoms with Crippen molar-refractivity contribution in [3.8, 4) is 0 Å². The average Bonchev–Trinajstić information content (AvgIpc) is 2.47. The third-order valence-corrected chi connectivity index (χ3v) is 2.51. The molecule has 1 aromatic rings. The van der Waals surface area contributed by atoms with Crippen LogP contribution in [-0.4, -0.2) is 23.2 Å². The van der Waals surface area contributed by atoms with Crippen molar-refractivity contribution in [2.75, 3.05) is 18.5 Å². The van der Waals surface area contributed by atoms with Gasteiger partial charge in [0.05, 0.1) is 0 Å². The number of halogens is 1. The van der Waals surface area contributed by atoms with Crippen LogP contribution in [0.4, 0.5) is 5.13 Å². The molecule has 0 radical (unpaired) electrons. The first kappa shape index (κ1) is 9.77. The van der Waals surface area contributed by atoms with Crippen molar-refractivity contribution in [3.05, 3.63) is 10.5 Å². The first-order valence-corrected chi connectivity index (χ1v) is 4.94. The highest BCUT2D eigenvalue weighted by Crippen LogP contribution is 2.18. The summed E-state index contributed by atoms with van der Waals surface area (Å²) in [6.45, 7) is 2.87. The predicted octanol–water partition coefficient (Wildman–Crippen LogP) is 1.84. The molecule has 0 saturated heterocycles. The van der Waals surface area contributed by atoms with E-state index >= 15 is 0 Å². The highest BCUT2D eigenvalue weighted by molar-refractivity contribution is 7.14. The van der Waals surface area contributed by atoms with Gasteiger partial charge in [-0.2, -0.15) is 0 Å². The summed E-state index contributed by atoms with van der Waals surface area (Å²) in [5, 5.41) is 14.9. The summed E-state index contributed by atoms with van der Waals surface area (Å²) in [5.41, 5.74) is 0. The number of hydrogen-bond acceptors (Lipinski definition) is 4. The maximum atomic E-state index is 8.73. The lowest BCUT2D eigenvalue weighted by molar-refractivity contribution is 0.244. The first-order chi connectivity index (χ1) is 5.72. The zero-order valence-electron chi connectivity index (χ0n) is 6.75. The normalized spacial score (nSPS) is 12.9. The van der Waals surface area contributed by atoms with Gasteiger partial charge in [0.25, 0.3) is 0 Å². The quantitative estimate of drug-likeness (QED) is 0.790. The molecule has 0 saturated carbocycles. The molecule has 2 N–H and O–H groups in total. The van der Waals surface area contributed by atoms with E-state index in [2.05, 4.69) is 10.3 Å². The van der Waals surface area contributed by atoms with Crippen LogP contribution < -0.4 is 5.32 Å². The van der Waals surface area contributed by atoms with Crippen LogP contribution in [0.3, 0.4) is 0 Å². The second kappa shape index (κ2) is 4.64. The Morgan fingerprint density at radius 2 is 2.58 bits per heavy atom. The number of rotatable bonds is 4. The number of anilines is 1. The molecule has 0 aromatic carbocycles. The Labute approximate surface area is 80.4 Å². The lowest BCUT2D eigenvalue weighted by Crippen LogP contribution is -2.14. The lowest BCUT2D eigenvalue weighted by atomic mass is 10.2. The third-order valence-electron chi connectivity index (χ3n) is 1.39. The van der Waals surface area contributed by atoms with Crippen LogP contribution >= 0.6 is 22.9 Å². The van der Waals surface area contributed by atoms with Gasteiger partial charge < -0.3 is 10.4 Å². The van der Waals surface area contributed by atoms with Gasteiger partial charge >= 0.3 is 0 Å².